The van der Waals surface area contributed by atoms with Gasteiger partial charge in [0, 0.05) is 5.69 Å². The van der Waals surface area contributed by atoms with Crippen LogP contribution in [0.2, 0.25) is 0 Å². The first kappa shape index (κ1) is 23.8. The summed E-state index contributed by atoms with van der Waals surface area (Å²) in [5, 5.41) is 2.95. The van der Waals surface area contributed by atoms with Gasteiger partial charge in [-0.1, -0.05) is 70.9 Å². The molecule has 4 heteroatoms. The van der Waals surface area contributed by atoms with Crippen molar-refractivity contribution in [2.75, 3.05) is 18.5 Å². The van der Waals surface area contributed by atoms with Crippen molar-refractivity contribution in [3.63, 3.8) is 0 Å². The molecule has 0 aliphatic carbocycles. The summed E-state index contributed by atoms with van der Waals surface area (Å²) >= 11 is 0. The van der Waals surface area contributed by atoms with E-state index in [4.69, 9.17) is 9.47 Å². The average molecular weight is 412 g/mol. The summed E-state index contributed by atoms with van der Waals surface area (Å²) in [5.41, 5.74) is 1.30. The van der Waals surface area contributed by atoms with Crippen LogP contribution in [0.25, 0.3) is 0 Å². The number of amides is 1. The predicted molar refractivity (Wildman–Crippen MR) is 125 cm³/mol. The summed E-state index contributed by atoms with van der Waals surface area (Å²) in [6.07, 6.45) is 10.7. The van der Waals surface area contributed by atoms with Crippen LogP contribution in [0.5, 0.6) is 11.5 Å². The van der Waals surface area contributed by atoms with Gasteiger partial charge in [-0.3, -0.25) is 4.79 Å². The Kier molecular flexibility index (Phi) is 11.5. The van der Waals surface area contributed by atoms with Gasteiger partial charge in [-0.25, -0.2) is 0 Å². The molecular weight excluding hydrogens is 374 g/mol. The van der Waals surface area contributed by atoms with Gasteiger partial charge >= 0.3 is 0 Å². The predicted octanol–water partition coefficient (Wildman–Crippen LogP) is 7.25. The van der Waals surface area contributed by atoms with Crippen molar-refractivity contribution in [3.05, 3.63) is 54.1 Å². The van der Waals surface area contributed by atoms with E-state index in [1.54, 1.807) is 6.07 Å². The molecule has 0 bridgehead atoms. The highest BCUT2D eigenvalue weighted by atomic mass is 16.5. The van der Waals surface area contributed by atoms with E-state index >= 15 is 0 Å². The molecule has 0 aliphatic rings. The van der Waals surface area contributed by atoms with Crippen molar-refractivity contribution in [2.24, 2.45) is 0 Å². The number of unbranched alkanes of at least 4 members (excludes halogenated alkanes) is 7. The SMILES string of the molecule is CCCCCCCOc1ccc(NC(=O)c2ccccc2OCCCCCC)cc1. The van der Waals surface area contributed by atoms with Gasteiger partial charge in [0.25, 0.3) is 5.91 Å². The number of anilines is 1. The average Bonchev–Trinajstić information content (AvgIpc) is 2.77. The Labute approximate surface area is 182 Å². The molecule has 0 aliphatic heterocycles. The lowest BCUT2D eigenvalue weighted by Gasteiger charge is -2.12. The van der Waals surface area contributed by atoms with E-state index in [1.165, 1.54) is 38.5 Å². The first-order chi connectivity index (χ1) is 14.7. The summed E-state index contributed by atoms with van der Waals surface area (Å²) in [7, 11) is 0. The molecule has 0 aromatic heterocycles. The number of rotatable bonds is 15. The van der Waals surface area contributed by atoms with Crippen LogP contribution in [0, 0.1) is 0 Å². The highest BCUT2D eigenvalue weighted by Crippen LogP contribution is 2.22. The van der Waals surface area contributed by atoms with Gasteiger partial charge in [0.15, 0.2) is 0 Å². The first-order valence-electron chi connectivity index (χ1n) is 11.5. The van der Waals surface area contributed by atoms with Crippen LogP contribution in [-0.2, 0) is 0 Å². The molecule has 0 fully saturated rings. The van der Waals surface area contributed by atoms with Crippen LogP contribution in [-0.4, -0.2) is 19.1 Å². The molecule has 0 unspecified atom stereocenters. The lowest BCUT2D eigenvalue weighted by molar-refractivity contribution is 0.102. The van der Waals surface area contributed by atoms with E-state index in [0.29, 0.717) is 17.9 Å². The molecule has 0 heterocycles. The highest BCUT2D eigenvalue weighted by molar-refractivity contribution is 6.06. The van der Waals surface area contributed by atoms with Gasteiger partial charge in [-0.15, -0.1) is 0 Å². The van der Waals surface area contributed by atoms with Crippen molar-refractivity contribution in [1.82, 2.24) is 0 Å². The van der Waals surface area contributed by atoms with Gasteiger partial charge in [-0.2, -0.15) is 0 Å². The molecule has 0 saturated carbocycles. The number of ether oxygens (including phenoxy) is 2. The fourth-order valence-corrected chi connectivity index (χ4v) is 3.22. The molecule has 1 amide bonds. The molecule has 2 aromatic rings. The van der Waals surface area contributed by atoms with Gasteiger partial charge in [0.1, 0.15) is 11.5 Å². The Balaban J connectivity index is 1.81. The minimum atomic E-state index is -0.163. The van der Waals surface area contributed by atoms with Crippen molar-refractivity contribution in [3.8, 4) is 11.5 Å². The summed E-state index contributed by atoms with van der Waals surface area (Å²) < 4.78 is 11.6. The highest BCUT2D eigenvalue weighted by Gasteiger charge is 2.12. The molecule has 30 heavy (non-hydrogen) atoms. The van der Waals surface area contributed by atoms with Crippen molar-refractivity contribution in [1.29, 1.82) is 0 Å². The molecule has 164 valence electrons. The fourth-order valence-electron chi connectivity index (χ4n) is 3.22. The van der Waals surface area contributed by atoms with Crippen molar-refractivity contribution >= 4 is 11.6 Å². The largest absolute Gasteiger partial charge is 0.494 e. The lowest BCUT2D eigenvalue weighted by atomic mass is 10.1. The molecule has 0 spiro atoms. The molecule has 1 N–H and O–H groups in total. The van der Waals surface area contributed by atoms with E-state index in [2.05, 4.69) is 19.2 Å². The second kappa shape index (κ2) is 14.5. The Bertz CT molecular complexity index is 727. The maximum atomic E-state index is 12.7. The standard InChI is InChI=1S/C26H37NO3/c1-3-5-7-9-13-20-29-23-18-16-22(17-19-23)27-26(28)24-14-10-11-15-25(24)30-21-12-8-6-4-2/h10-11,14-19H,3-9,12-13,20-21H2,1-2H3,(H,27,28). The quantitative estimate of drug-likeness (QED) is 0.314. The number of nitrogens with one attached hydrogen (secondary N) is 1. The molecule has 2 rings (SSSR count). The van der Waals surface area contributed by atoms with Crippen LogP contribution in [0.1, 0.15) is 82.0 Å². The molecule has 4 nitrogen and oxygen atoms in total. The fraction of sp³-hybridized carbons (Fsp3) is 0.500. The summed E-state index contributed by atoms with van der Waals surface area (Å²) in [6, 6.07) is 15.0. The van der Waals surface area contributed by atoms with E-state index < -0.39 is 0 Å². The maximum Gasteiger partial charge on any atom is 0.259 e. The molecule has 2 aromatic carbocycles. The van der Waals surface area contributed by atoms with Gasteiger partial charge in [0.05, 0.1) is 18.8 Å². The van der Waals surface area contributed by atoms with Crippen LogP contribution in [0.4, 0.5) is 5.69 Å². The maximum absolute atomic E-state index is 12.7. The number of hydrogen-bond donors (Lipinski definition) is 1. The van der Waals surface area contributed by atoms with E-state index in [-0.39, 0.29) is 5.91 Å². The molecular formula is C26H37NO3. The van der Waals surface area contributed by atoms with Crippen molar-refractivity contribution < 1.29 is 14.3 Å². The summed E-state index contributed by atoms with van der Waals surface area (Å²) in [4.78, 5) is 12.7. The topological polar surface area (TPSA) is 47.6 Å². The van der Waals surface area contributed by atoms with Crippen LogP contribution in [0.15, 0.2) is 48.5 Å². The van der Waals surface area contributed by atoms with Gasteiger partial charge < -0.3 is 14.8 Å². The van der Waals surface area contributed by atoms with Gasteiger partial charge in [0.2, 0.25) is 0 Å². The normalized spacial score (nSPS) is 10.6. The van der Waals surface area contributed by atoms with Gasteiger partial charge in [-0.05, 0) is 49.2 Å². The van der Waals surface area contributed by atoms with Crippen LogP contribution < -0.4 is 14.8 Å². The molecule has 0 atom stereocenters. The minimum Gasteiger partial charge on any atom is -0.494 e. The Morgan fingerprint density at radius 2 is 1.33 bits per heavy atom. The number of hydrogen-bond acceptors (Lipinski definition) is 3. The van der Waals surface area contributed by atoms with E-state index in [9.17, 15) is 4.79 Å². The van der Waals surface area contributed by atoms with E-state index in [0.717, 1.165) is 37.3 Å². The van der Waals surface area contributed by atoms with Crippen LogP contribution >= 0.6 is 0 Å². The monoisotopic (exact) mass is 411 g/mol. The summed E-state index contributed by atoms with van der Waals surface area (Å²) in [6.45, 7) is 5.78. The summed E-state index contributed by atoms with van der Waals surface area (Å²) in [5.74, 6) is 1.30. The third-order valence-corrected chi connectivity index (χ3v) is 5.02. The van der Waals surface area contributed by atoms with Crippen LogP contribution in [0.3, 0.4) is 0 Å². The smallest absolute Gasteiger partial charge is 0.259 e. The Hall–Kier alpha value is -2.49. The second-order valence-corrected chi connectivity index (χ2v) is 7.65. The molecule has 0 saturated heterocycles. The Morgan fingerprint density at radius 1 is 0.733 bits per heavy atom. The second-order valence-electron chi connectivity index (χ2n) is 7.65. The number of para-hydroxylation sites is 1. The zero-order valence-electron chi connectivity index (χ0n) is 18.6. The van der Waals surface area contributed by atoms with Crippen molar-refractivity contribution in [2.45, 2.75) is 71.6 Å². The zero-order valence-corrected chi connectivity index (χ0v) is 18.6. The lowest BCUT2D eigenvalue weighted by Crippen LogP contribution is -2.14. The zero-order chi connectivity index (χ0) is 21.4. The number of carbonyl (C=O) groups excluding carboxylic acids is 1. The molecule has 0 radical (unpaired) electrons. The Morgan fingerprint density at radius 3 is 2.03 bits per heavy atom. The first-order valence-corrected chi connectivity index (χ1v) is 11.5. The van der Waals surface area contributed by atoms with E-state index in [1.807, 2.05) is 42.5 Å². The number of benzene rings is 2. The third-order valence-electron chi connectivity index (χ3n) is 5.02. The third kappa shape index (κ3) is 8.89. The number of carbonyl (C=O) groups is 1. The minimum absolute atomic E-state index is 0.163.